The maximum Gasteiger partial charge on any atom is 0.329 e. The van der Waals surface area contributed by atoms with Crippen LogP contribution in [0.5, 0.6) is 0 Å². The van der Waals surface area contributed by atoms with Crippen molar-refractivity contribution in [1.82, 2.24) is 9.97 Å². The van der Waals surface area contributed by atoms with E-state index in [1.807, 2.05) is 12.1 Å². The van der Waals surface area contributed by atoms with E-state index < -0.39 is 4.92 Å². The molecule has 3 rings (SSSR count). The van der Waals surface area contributed by atoms with Crippen LogP contribution in [0, 0.1) is 10.1 Å². The molecule has 1 aliphatic rings. The van der Waals surface area contributed by atoms with Crippen LogP contribution in [0.3, 0.4) is 0 Å². The number of carbonyl (C=O) groups excluding carboxylic acids is 1. The average Bonchev–Trinajstić information content (AvgIpc) is 3.41. The molecule has 0 radical (unpaired) electrons. The summed E-state index contributed by atoms with van der Waals surface area (Å²) >= 11 is 3.33. The second-order valence-electron chi connectivity index (χ2n) is 5.84. The minimum Gasteiger partial charge on any atom is -0.361 e. The second kappa shape index (κ2) is 8.09. The first-order valence-corrected chi connectivity index (χ1v) is 8.88. The summed E-state index contributed by atoms with van der Waals surface area (Å²) in [7, 11) is 0. The maximum atomic E-state index is 11.9. The molecule has 2 aromatic rings. The number of nitrogens with one attached hydrogen (secondary N) is 3. The van der Waals surface area contributed by atoms with Crippen LogP contribution in [-0.2, 0) is 4.79 Å². The molecule has 1 aromatic heterocycles. The second-order valence-corrected chi connectivity index (χ2v) is 6.75. The van der Waals surface area contributed by atoms with Crippen LogP contribution in [0.2, 0.25) is 0 Å². The van der Waals surface area contributed by atoms with Gasteiger partial charge >= 0.3 is 5.69 Å². The SMILES string of the molecule is O=C(CCNc1ncc([N+](=O)[O-])c(NC2CC2)n1)Nc1ccc(Br)cc1. The van der Waals surface area contributed by atoms with Gasteiger partial charge in [0.2, 0.25) is 17.7 Å². The van der Waals surface area contributed by atoms with Gasteiger partial charge in [0.25, 0.3) is 0 Å². The van der Waals surface area contributed by atoms with Crippen LogP contribution in [0.4, 0.5) is 23.1 Å². The molecule has 10 heteroatoms. The molecule has 1 saturated carbocycles. The van der Waals surface area contributed by atoms with Gasteiger partial charge in [0.05, 0.1) is 4.92 Å². The zero-order valence-electron chi connectivity index (χ0n) is 13.7. The lowest BCUT2D eigenvalue weighted by atomic mass is 10.3. The topological polar surface area (TPSA) is 122 Å². The van der Waals surface area contributed by atoms with E-state index in [1.54, 1.807) is 12.1 Å². The Bertz CT molecular complexity index is 810. The highest BCUT2D eigenvalue weighted by Crippen LogP contribution is 2.29. The number of carbonyl (C=O) groups is 1. The lowest BCUT2D eigenvalue weighted by molar-refractivity contribution is -0.384. The van der Waals surface area contributed by atoms with Crippen LogP contribution < -0.4 is 16.0 Å². The molecule has 1 fully saturated rings. The summed E-state index contributed by atoms with van der Waals surface area (Å²) in [5, 5.41) is 19.8. The molecule has 9 nitrogen and oxygen atoms in total. The highest BCUT2D eigenvalue weighted by molar-refractivity contribution is 9.10. The van der Waals surface area contributed by atoms with E-state index in [-0.39, 0.29) is 35.8 Å². The first-order chi connectivity index (χ1) is 12.5. The van der Waals surface area contributed by atoms with Gasteiger partial charge in [-0.25, -0.2) is 4.98 Å². The van der Waals surface area contributed by atoms with E-state index in [9.17, 15) is 14.9 Å². The first-order valence-electron chi connectivity index (χ1n) is 8.08. The number of rotatable bonds is 8. The zero-order chi connectivity index (χ0) is 18.5. The van der Waals surface area contributed by atoms with Gasteiger partial charge in [0.1, 0.15) is 6.20 Å². The van der Waals surface area contributed by atoms with Crippen LogP contribution in [0.15, 0.2) is 34.9 Å². The summed E-state index contributed by atoms with van der Waals surface area (Å²) in [6.07, 6.45) is 3.32. The lowest BCUT2D eigenvalue weighted by Crippen LogP contribution is -2.17. The Balaban J connectivity index is 1.53. The Morgan fingerprint density at radius 1 is 1.31 bits per heavy atom. The first kappa shape index (κ1) is 18.1. The molecular formula is C16H17BrN6O3. The van der Waals surface area contributed by atoms with E-state index in [0.717, 1.165) is 17.3 Å². The molecule has 0 saturated heterocycles. The molecule has 0 aliphatic heterocycles. The molecule has 3 N–H and O–H groups in total. The number of nitro groups is 1. The van der Waals surface area contributed by atoms with E-state index in [4.69, 9.17) is 0 Å². The molecule has 136 valence electrons. The van der Waals surface area contributed by atoms with Crippen LogP contribution in [0.25, 0.3) is 0 Å². The van der Waals surface area contributed by atoms with E-state index >= 15 is 0 Å². The Kier molecular flexibility index (Phi) is 5.61. The van der Waals surface area contributed by atoms with Crippen LogP contribution in [0.1, 0.15) is 19.3 Å². The fourth-order valence-electron chi connectivity index (χ4n) is 2.17. The number of amides is 1. The monoisotopic (exact) mass is 420 g/mol. The van der Waals surface area contributed by atoms with Crippen molar-refractivity contribution >= 4 is 45.0 Å². The quantitative estimate of drug-likeness (QED) is 0.442. The number of nitrogens with zero attached hydrogens (tertiary/aromatic N) is 3. The van der Waals surface area contributed by atoms with Gasteiger partial charge < -0.3 is 16.0 Å². The summed E-state index contributed by atoms with van der Waals surface area (Å²) in [6, 6.07) is 7.50. The summed E-state index contributed by atoms with van der Waals surface area (Å²) in [6.45, 7) is 0.309. The van der Waals surface area contributed by atoms with Gasteiger partial charge in [-0.05, 0) is 37.1 Å². The van der Waals surface area contributed by atoms with Gasteiger partial charge in [-0.15, -0.1) is 0 Å². The summed E-state index contributed by atoms with van der Waals surface area (Å²) in [5.41, 5.74) is 0.552. The molecule has 0 spiro atoms. The number of hydrogen-bond donors (Lipinski definition) is 3. The molecule has 26 heavy (non-hydrogen) atoms. The molecule has 1 amide bonds. The largest absolute Gasteiger partial charge is 0.361 e. The van der Waals surface area contributed by atoms with Crippen molar-refractivity contribution in [1.29, 1.82) is 0 Å². The minimum atomic E-state index is -0.514. The molecule has 1 heterocycles. The number of benzene rings is 1. The molecule has 0 unspecified atom stereocenters. The highest BCUT2D eigenvalue weighted by atomic mass is 79.9. The Morgan fingerprint density at radius 3 is 2.69 bits per heavy atom. The van der Waals surface area contributed by atoms with Crippen LogP contribution in [-0.4, -0.2) is 33.4 Å². The van der Waals surface area contributed by atoms with E-state index in [1.165, 1.54) is 6.20 Å². The minimum absolute atomic E-state index is 0.155. The van der Waals surface area contributed by atoms with Crippen molar-refractivity contribution in [2.75, 3.05) is 22.5 Å². The Morgan fingerprint density at radius 2 is 2.04 bits per heavy atom. The fraction of sp³-hybridized carbons (Fsp3) is 0.312. The number of hydrogen-bond acceptors (Lipinski definition) is 7. The van der Waals surface area contributed by atoms with Crippen LogP contribution >= 0.6 is 15.9 Å². The van der Waals surface area contributed by atoms with Crippen molar-refractivity contribution in [3.8, 4) is 0 Å². The van der Waals surface area contributed by atoms with Crippen molar-refractivity contribution in [3.05, 3.63) is 45.0 Å². The van der Waals surface area contributed by atoms with Gasteiger partial charge in [0.15, 0.2) is 0 Å². The predicted molar refractivity (Wildman–Crippen MR) is 101 cm³/mol. The van der Waals surface area contributed by atoms with Gasteiger partial charge in [-0.1, -0.05) is 15.9 Å². The third-order valence-electron chi connectivity index (χ3n) is 3.65. The van der Waals surface area contributed by atoms with E-state index in [0.29, 0.717) is 12.2 Å². The Labute approximate surface area is 157 Å². The third-order valence-corrected chi connectivity index (χ3v) is 4.18. The fourth-order valence-corrected chi connectivity index (χ4v) is 2.43. The van der Waals surface area contributed by atoms with Gasteiger partial charge in [0, 0.05) is 29.2 Å². The highest BCUT2D eigenvalue weighted by Gasteiger charge is 2.26. The third kappa shape index (κ3) is 5.12. The molecule has 0 bridgehead atoms. The van der Waals surface area contributed by atoms with Crippen molar-refractivity contribution in [2.24, 2.45) is 0 Å². The average molecular weight is 421 g/mol. The van der Waals surface area contributed by atoms with Crippen molar-refractivity contribution < 1.29 is 9.72 Å². The van der Waals surface area contributed by atoms with E-state index in [2.05, 4.69) is 41.8 Å². The smallest absolute Gasteiger partial charge is 0.329 e. The Hall–Kier alpha value is -2.75. The summed E-state index contributed by atoms with van der Waals surface area (Å²) in [5.74, 6) is 0.294. The predicted octanol–water partition coefficient (Wildman–Crippen LogP) is 3.16. The number of aromatic nitrogens is 2. The van der Waals surface area contributed by atoms with Gasteiger partial charge in [-0.3, -0.25) is 14.9 Å². The molecule has 1 aliphatic carbocycles. The lowest BCUT2D eigenvalue weighted by Gasteiger charge is -2.09. The summed E-state index contributed by atoms with van der Waals surface area (Å²) < 4.78 is 0.933. The molecule has 0 atom stereocenters. The zero-order valence-corrected chi connectivity index (χ0v) is 15.3. The van der Waals surface area contributed by atoms with Crippen molar-refractivity contribution in [2.45, 2.75) is 25.3 Å². The number of anilines is 3. The number of halogens is 1. The maximum absolute atomic E-state index is 11.9. The van der Waals surface area contributed by atoms with Crippen molar-refractivity contribution in [3.63, 3.8) is 0 Å². The normalized spacial score (nSPS) is 13.1. The standard InChI is InChI=1S/C16H17BrN6O3/c17-10-1-3-11(4-2-10)20-14(24)7-8-18-16-19-9-13(23(25)26)15(22-16)21-12-5-6-12/h1-4,9,12H,5-8H2,(H,20,24)(H2,18,19,21,22). The molecule has 1 aromatic carbocycles. The molecular weight excluding hydrogens is 404 g/mol. The van der Waals surface area contributed by atoms with Gasteiger partial charge in [-0.2, -0.15) is 4.98 Å². The summed E-state index contributed by atoms with van der Waals surface area (Å²) in [4.78, 5) is 30.6.